The van der Waals surface area contributed by atoms with E-state index in [1.165, 1.54) is 23.5 Å². The van der Waals surface area contributed by atoms with Crippen molar-refractivity contribution in [1.82, 2.24) is 9.88 Å². The number of nitrogens with one attached hydrogen (secondary N) is 2. The predicted molar refractivity (Wildman–Crippen MR) is 161 cm³/mol. The number of amides is 3. The summed E-state index contributed by atoms with van der Waals surface area (Å²) < 4.78 is 45.9. The molecule has 3 amide bonds. The lowest BCUT2D eigenvalue weighted by Gasteiger charge is -2.35. The van der Waals surface area contributed by atoms with Crippen molar-refractivity contribution in [3.63, 3.8) is 0 Å². The smallest absolute Gasteiger partial charge is 0.372 e. The van der Waals surface area contributed by atoms with Gasteiger partial charge in [-0.3, -0.25) is 14.4 Å². The van der Waals surface area contributed by atoms with Gasteiger partial charge in [-0.25, -0.2) is 4.98 Å². The van der Waals surface area contributed by atoms with Gasteiger partial charge in [0.2, 0.25) is 5.91 Å². The summed E-state index contributed by atoms with van der Waals surface area (Å²) in [4.78, 5) is 45.1. The number of hydrogen-bond acceptors (Lipinski definition) is 7. The van der Waals surface area contributed by atoms with Crippen molar-refractivity contribution in [3.05, 3.63) is 83.4 Å². The van der Waals surface area contributed by atoms with Crippen LogP contribution in [-0.4, -0.2) is 58.7 Å². The summed E-state index contributed by atoms with van der Waals surface area (Å²) in [6, 6.07) is 16.3. The Labute approximate surface area is 253 Å². The molecule has 1 aliphatic rings. The maximum Gasteiger partial charge on any atom is 0.416 e. The fourth-order valence-electron chi connectivity index (χ4n) is 4.72. The number of carbonyl (C=O) groups excluding carboxylic acids is 3. The van der Waals surface area contributed by atoms with E-state index >= 15 is 0 Å². The minimum atomic E-state index is -4.50. The van der Waals surface area contributed by atoms with E-state index in [4.69, 9.17) is 4.74 Å². The molecule has 2 heterocycles. The van der Waals surface area contributed by atoms with Gasteiger partial charge in [0.15, 0.2) is 4.34 Å². The molecule has 0 saturated carbocycles. The third-order valence-corrected chi connectivity index (χ3v) is 8.70. The predicted octanol–water partition coefficient (Wildman–Crippen LogP) is 6.55. The summed E-state index contributed by atoms with van der Waals surface area (Å²) in [5.41, 5.74) is 0.950. The average molecular weight is 629 g/mol. The number of alkyl halides is 3. The van der Waals surface area contributed by atoms with Crippen molar-refractivity contribution in [1.29, 1.82) is 0 Å². The maximum absolute atomic E-state index is 13.3. The fraction of sp³-hybridized carbons (Fsp3) is 0.267. The fourth-order valence-corrected chi connectivity index (χ4v) is 6.63. The largest absolute Gasteiger partial charge is 0.416 e. The van der Waals surface area contributed by atoms with Crippen molar-refractivity contribution in [3.8, 4) is 0 Å². The molecule has 0 spiro atoms. The van der Waals surface area contributed by atoms with Crippen LogP contribution in [0.4, 0.5) is 24.5 Å². The van der Waals surface area contributed by atoms with Crippen molar-refractivity contribution >= 4 is 62.4 Å². The van der Waals surface area contributed by atoms with Gasteiger partial charge in [-0.1, -0.05) is 30.0 Å². The molecule has 2 atom stereocenters. The summed E-state index contributed by atoms with van der Waals surface area (Å²) in [5, 5.41) is 5.34. The summed E-state index contributed by atoms with van der Waals surface area (Å²) in [6.07, 6.45) is -4.71. The summed E-state index contributed by atoms with van der Waals surface area (Å²) in [5.74, 6) is -1.18. The molecule has 43 heavy (non-hydrogen) atoms. The van der Waals surface area contributed by atoms with Gasteiger partial charge in [-0.15, -0.1) is 11.3 Å². The number of thiazole rings is 1. The van der Waals surface area contributed by atoms with Gasteiger partial charge in [0.05, 0.1) is 44.9 Å². The highest BCUT2D eigenvalue weighted by Crippen LogP contribution is 2.33. The Bertz CT molecular complexity index is 1670. The summed E-state index contributed by atoms with van der Waals surface area (Å²) in [7, 11) is 0. The number of fused-ring (bicyclic) bond motifs is 1. The quantitative estimate of drug-likeness (QED) is 0.225. The lowest BCUT2D eigenvalue weighted by Crippen LogP contribution is -2.48. The number of aromatic nitrogens is 1. The zero-order valence-electron chi connectivity index (χ0n) is 23.1. The number of benzene rings is 3. The topological polar surface area (TPSA) is 101 Å². The van der Waals surface area contributed by atoms with Gasteiger partial charge in [-0.05, 0) is 62.4 Å². The minimum absolute atomic E-state index is 0.0504. The Morgan fingerprint density at radius 1 is 0.953 bits per heavy atom. The first-order chi connectivity index (χ1) is 20.5. The van der Waals surface area contributed by atoms with Crippen LogP contribution >= 0.6 is 23.1 Å². The van der Waals surface area contributed by atoms with Gasteiger partial charge in [0, 0.05) is 24.5 Å². The first-order valence-electron chi connectivity index (χ1n) is 13.3. The SMILES string of the molecule is CC1CN(C(=O)c2ccccc2C(=O)Nc2ccc3nc(SCC(=O)Nc4cccc(C(F)(F)F)c4)sc3c2)CC(C)O1. The average Bonchev–Trinajstić information content (AvgIpc) is 3.37. The summed E-state index contributed by atoms with van der Waals surface area (Å²) >= 11 is 2.47. The number of nitrogens with zero attached hydrogens (tertiary/aromatic N) is 2. The Morgan fingerprint density at radius 3 is 2.37 bits per heavy atom. The first-order valence-corrected chi connectivity index (χ1v) is 15.1. The van der Waals surface area contributed by atoms with Crippen LogP contribution in [0.1, 0.15) is 40.1 Å². The molecule has 0 aliphatic carbocycles. The molecular formula is C30H27F3N4O4S2. The van der Waals surface area contributed by atoms with E-state index in [2.05, 4.69) is 15.6 Å². The van der Waals surface area contributed by atoms with Crippen LogP contribution in [0, 0.1) is 0 Å². The van der Waals surface area contributed by atoms with Crippen LogP contribution in [0.2, 0.25) is 0 Å². The van der Waals surface area contributed by atoms with Crippen LogP contribution in [0.25, 0.3) is 10.2 Å². The molecule has 1 saturated heterocycles. The number of carbonyl (C=O) groups is 3. The Kier molecular flexibility index (Phi) is 9.04. The maximum atomic E-state index is 13.3. The van der Waals surface area contributed by atoms with Gasteiger partial charge >= 0.3 is 6.18 Å². The minimum Gasteiger partial charge on any atom is -0.372 e. The van der Waals surface area contributed by atoms with E-state index in [1.54, 1.807) is 47.4 Å². The monoisotopic (exact) mass is 628 g/mol. The molecule has 1 fully saturated rings. The molecule has 13 heteroatoms. The molecule has 3 aromatic carbocycles. The second-order valence-corrected chi connectivity index (χ2v) is 12.3. The highest BCUT2D eigenvalue weighted by Gasteiger charge is 2.31. The second kappa shape index (κ2) is 12.7. The molecule has 224 valence electrons. The van der Waals surface area contributed by atoms with E-state index < -0.39 is 23.6 Å². The molecule has 4 aromatic rings. The van der Waals surface area contributed by atoms with Crippen molar-refractivity contribution in [2.45, 2.75) is 36.6 Å². The van der Waals surface area contributed by atoms with Crippen LogP contribution < -0.4 is 10.6 Å². The van der Waals surface area contributed by atoms with E-state index in [0.29, 0.717) is 34.2 Å². The third kappa shape index (κ3) is 7.53. The molecule has 0 bridgehead atoms. The van der Waals surface area contributed by atoms with Gasteiger partial charge in [0.25, 0.3) is 11.8 Å². The van der Waals surface area contributed by atoms with Crippen LogP contribution in [-0.2, 0) is 15.7 Å². The first kappa shape index (κ1) is 30.5. The summed E-state index contributed by atoms with van der Waals surface area (Å²) in [6.45, 7) is 4.69. The molecule has 1 aromatic heterocycles. The van der Waals surface area contributed by atoms with Gasteiger partial charge < -0.3 is 20.3 Å². The zero-order valence-corrected chi connectivity index (χ0v) is 24.7. The molecule has 2 N–H and O–H groups in total. The number of rotatable bonds is 7. The lowest BCUT2D eigenvalue weighted by molar-refractivity contribution is -0.137. The Hall–Kier alpha value is -3.94. The molecule has 2 unspecified atom stereocenters. The van der Waals surface area contributed by atoms with Gasteiger partial charge in [-0.2, -0.15) is 13.2 Å². The Morgan fingerprint density at radius 2 is 1.65 bits per heavy atom. The van der Waals surface area contributed by atoms with Crippen molar-refractivity contribution in [2.75, 3.05) is 29.5 Å². The second-order valence-electron chi connectivity index (χ2n) is 10.0. The van der Waals surface area contributed by atoms with Crippen LogP contribution in [0.3, 0.4) is 0 Å². The van der Waals surface area contributed by atoms with Gasteiger partial charge in [0.1, 0.15) is 0 Å². The number of ether oxygens (including phenoxy) is 1. The van der Waals surface area contributed by atoms with Crippen molar-refractivity contribution in [2.24, 2.45) is 0 Å². The highest BCUT2D eigenvalue weighted by molar-refractivity contribution is 8.01. The zero-order chi connectivity index (χ0) is 30.7. The van der Waals surface area contributed by atoms with E-state index in [9.17, 15) is 27.6 Å². The number of hydrogen-bond donors (Lipinski definition) is 2. The number of thioether (sulfide) groups is 1. The number of halogens is 3. The third-order valence-electron chi connectivity index (χ3n) is 6.54. The van der Waals surface area contributed by atoms with E-state index in [0.717, 1.165) is 28.6 Å². The number of morpholine rings is 1. The van der Waals surface area contributed by atoms with E-state index in [1.807, 2.05) is 13.8 Å². The van der Waals surface area contributed by atoms with Crippen molar-refractivity contribution < 1.29 is 32.3 Å². The molecule has 0 radical (unpaired) electrons. The van der Waals surface area contributed by atoms with E-state index in [-0.39, 0.29) is 35.1 Å². The molecule has 5 rings (SSSR count). The Balaban J connectivity index is 1.23. The molecule has 1 aliphatic heterocycles. The van der Waals surface area contributed by atoms with Crippen LogP contribution in [0.15, 0.2) is 71.1 Å². The molecular weight excluding hydrogens is 601 g/mol. The normalized spacial score (nSPS) is 17.1. The highest BCUT2D eigenvalue weighted by atomic mass is 32.2. The number of anilines is 2. The lowest BCUT2D eigenvalue weighted by atomic mass is 10.0. The molecule has 8 nitrogen and oxygen atoms in total. The van der Waals surface area contributed by atoms with Crippen LogP contribution in [0.5, 0.6) is 0 Å². The standard InChI is InChI=1S/C30H27F3N4O4S2/c1-17-14-37(15-18(2)41-17)28(40)23-9-4-3-8-22(23)27(39)35-21-10-11-24-25(13-21)43-29(36-24)42-16-26(38)34-20-7-5-6-19(12-20)30(31,32)33/h3-13,17-18H,14-16H2,1-2H3,(H,34,38)(H,35,39).